The Morgan fingerprint density at radius 2 is 1.79 bits per heavy atom. The Morgan fingerprint density at radius 3 is 2.47 bits per heavy atom. The quantitative estimate of drug-likeness (QED) is 0.374. The van der Waals surface area contributed by atoms with Gasteiger partial charge in [0.2, 0.25) is 0 Å². The minimum absolute atomic E-state index is 0.233. The third kappa shape index (κ3) is 5.15. The first-order valence-corrected chi connectivity index (χ1v) is 12.2. The van der Waals surface area contributed by atoms with Crippen LogP contribution in [0.1, 0.15) is 50.8 Å². The van der Waals surface area contributed by atoms with Gasteiger partial charge in [0.1, 0.15) is 10.6 Å². The van der Waals surface area contributed by atoms with Crippen molar-refractivity contribution in [1.29, 1.82) is 0 Å². The monoisotopic (exact) mass is 472 g/mol. The lowest BCUT2D eigenvalue weighted by Gasteiger charge is -2.26. The molecule has 0 fully saturated rings. The van der Waals surface area contributed by atoms with Crippen LogP contribution in [0.15, 0.2) is 77.3 Å². The van der Waals surface area contributed by atoms with Gasteiger partial charge in [-0.3, -0.25) is 14.6 Å². The van der Waals surface area contributed by atoms with Gasteiger partial charge in [0.25, 0.3) is 5.91 Å². The molecule has 0 aliphatic heterocycles. The first-order chi connectivity index (χ1) is 16.5. The lowest BCUT2D eigenvalue weighted by atomic mass is 10.0. The molecule has 1 atom stereocenters. The molecule has 1 unspecified atom stereocenters. The molecule has 3 heterocycles. The van der Waals surface area contributed by atoms with Crippen molar-refractivity contribution < 1.29 is 4.79 Å². The number of carbonyl (C=O) groups excluding carboxylic acids is 1. The molecule has 0 radical (unpaired) electrons. The maximum Gasteiger partial charge on any atom is 0.259 e. The van der Waals surface area contributed by atoms with E-state index in [1.165, 1.54) is 11.3 Å². The van der Waals surface area contributed by atoms with E-state index in [-0.39, 0.29) is 22.9 Å². The summed E-state index contributed by atoms with van der Waals surface area (Å²) < 4.78 is 2.09. The second kappa shape index (κ2) is 10.6. The van der Waals surface area contributed by atoms with E-state index in [0.29, 0.717) is 13.0 Å². The Labute approximate surface area is 203 Å². The summed E-state index contributed by atoms with van der Waals surface area (Å²) in [5.41, 5.74) is 3.81. The van der Waals surface area contributed by atoms with Gasteiger partial charge < -0.3 is 9.47 Å². The summed E-state index contributed by atoms with van der Waals surface area (Å²) in [4.78, 5) is 37.1. The normalized spacial score (nSPS) is 11.9. The molecule has 4 aromatic rings. The average molecular weight is 473 g/mol. The molecule has 4 rings (SSSR count). The molecule has 0 N–H and O–H groups in total. The molecule has 0 aliphatic rings. The summed E-state index contributed by atoms with van der Waals surface area (Å²) in [6, 6.07) is 15.4. The molecule has 1 amide bonds. The lowest BCUT2D eigenvalue weighted by molar-refractivity contribution is 0.0738. The molecule has 174 valence electrons. The highest BCUT2D eigenvalue weighted by Crippen LogP contribution is 2.24. The van der Waals surface area contributed by atoms with Crippen molar-refractivity contribution >= 4 is 17.2 Å². The van der Waals surface area contributed by atoms with Crippen molar-refractivity contribution in [3.63, 3.8) is 0 Å². The van der Waals surface area contributed by atoms with Crippen LogP contribution in [0.3, 0.4) is 0 Å². The smallest absolute Gasteiger partial charge is 0.259 e. The van der Waals surface area contributed by atoms with Crippen LogP contribution in [0, 0.1) is 6.92 Å². The standard InChI is InChI=1S/C27H28N4O2S/c1-19-17-24(32)25(27(33)30(3)20(2)26-29-15-16-34-26)23(10-9-21-7-5-4-6-8-21)31(19)18-22-11-13-28-14-12-22/h4-8,11-17,20H,9-10,18H2,1-3H3. The molecule has 0 aliphatic carbocycles. The largest absolute Gasteiger partial charge is 0.343 e. The SMILES string of the molecule is Cc1cc(=O)c(C(=O)N(C)C(C)c2nccs2)c(CCc2ccccc2)n1Cc1ccncc1. The van der Waals surface area contributed by atoms with Gasteiger partial charge in [0.15, 0.2) is 5.43 Å². The fraction of sp³-hybridized carbons (Fsp3) is 0.259. The predicted molar refractivity (Wildman–Crippen MR) is 135 cm³/mol. The highest BCUT2D eigenvalue weighted by Gasteiger charge is 2.27. The lowest BCUT2D eigenvalue weighted by Crippen LogP contribution is -2.36. The van der Waals surface area contributed by atoms with Crippen molar-refractivity contribution in [1.82, 2.24) is 19.4 Å². The summed E-state index contributed by atoms with van der Waals surface area (Å²) in [5.74, 6) is -0.278. The van der Waals surface area contributed by atoms with Crippen molar-refractivity contribution in [2.75, 3.05) is 7.05 Å². The number of pyridine rings is 2. The fourth-order valence-corrected chi connectivity index (χ4v) is 4.81. The third-order valence-corrected chi connectivity index (χ3v) is 7.08. The molecule has 0 bridgehead atoms. The zero-order valence-electron chi connectivity index (χ0n) is 19.6. The summed E-state index contributed by atoms with van der Waals surface area (Å²) in [5, 5.41) is 2.73. The number of carbonyl (C=O) groups is 1. The molecule has 3 aromatic heterocycles. The van der Waals surface area contributed by atoms with Crippen LogP contribution < -0.4 is 5.43 Å². The summed E-state index contributed by atoms with van der Waals surface area (Å²) in [7, 11) is 1.74. The number of rotatable bonds is 8. The van der Waals surface area contributed by atoms with Gasteiger partial charge in [-0.05, 0) is 49.9 Å². The van der Waals surface area contributed by atoms with Crippen LogP contribution in [0.4, 0.5) is 0 Å². The number of aryl methyl sites for hydroxylation is 2. The Bertz CT molecular complexity index is 1300. The molecule has 0 saturated heterocycles. The number of hydrogen-bond donors (Lipinski definition) is 0. The van der Waals surface area contributed by atoms with Crippen LogP contribution in [-0.4, -0.2) is 32.4 Å². The van der Waals surface area contributed by atoms with E-state index in [9.17, 15) is 9.59 Å². The van der Waals surface area contributed by atoms with Gasteiger partial charge in [0.05, 0.1) is 6.04 Å². The third-order valence-electron chi connectivity index (χ3n) is 6.13. The van der Waals surface area contributed by atoms with Gasteiger partial charge in [0, 0.05) is 55.0 Å². The summed E-state index contributed by atoms with van der Waals surface area (Å²) >= 11 is 1.50. The molecule has 0 saturated carbocycles. The molecule has 7 heteroatoms. The maximum atomic E-state index is 13.7. The summed E-state index contributed by atoms with van der Waals surface area (Å²) in [6.07, 6.45) is 6.55. The van der Waals surface area contributed by atoms with Crippen LogP contribution in [-0.2, 0) is 19.4 Å². The minimum atomic E-state index is -0.278. The maximum absolute atomic E-state index is 13.7. The van der Waals surface area contributed by atoms with Gasteiger partial charge in [-0.15, -0.1) is 11.3 Å². The predicted octanol–water partition coefficient (Wildman–Crippen LogP) is 4.67. The molecule has 0 spiro atoms. The molecule has 6 nitrogen and oxygen atoms in total. The number of hydrogen-bond acceptors (Lipinski definition) is 5. The zero-order chi connectivity index (χ0) is 24.1. The van der Waals surface area contributed by atoms with Gasteiger partial charge >= 0.3 is 0 Å². The topological polar surface area (TPSA) is 68.1 Å². The van der Waals surface area contributed by atoms with Crippen molar-refractivity contribution in [3.8, 4) is 0 Å². The second-order valence-electron chi connectivity index (χ2n) is 8.36. The van der Waals surface area contributed by atoms with E-state index in [0.717, 1.165) is 33.9 Å². The highest BCUT2D eigenvalue weighted by atomic mass is 32.1. The second-order valence-corrected chi connectivity index (χ2v) is 9.29. The van der Waals surface area contributed by atoms with E-state index < -0.39 is 0 Å². The van der Waals surface area contributed by atoms with E-state index >= 15 is 0 Å². The van der Waals surface area contributed by atoms with Gasteiger partial charge in [-0.1, -0.05) is 30.3 Å². The van der Waals surface area contributed by atoms with Crippen molar-refractivity contribution in [3.05, 3.63) is 116 Å². The Hall–Kier alpha value is -3.58. The molecule has 1 aromatic carbocycles. The average Bonchev–Trinajstić information content (AvgIpc) is 3.39. The Morgan fingerprint density at radius 1 is 1.06 bits per heavy atom. The number of nitrogens with zero attached hydrogens (tertiary/aromatic N) is 4. The Balaban J connectivity index is 1.77. The van der Waals surface area contributed by atoms with Crippen LogP contribution in [0.25, 0.3) is 0 Å². The number of thiazole rings is 1. The molecular formula is C27H28N4O2S. The number of aromatic nitrogens is 3. The van der Waals surface area contributed by atoms with E-state index in [1.54, 1.807) is 36.6 Å². The van der Waals surface area contributed by atoms with E-state index in [4.69, 9.17) is 0 Å². The number of amides is 1. The first kappa shape index (κ1) is 23.6. The van der Waals surface area contributed by atoms with Crippen molar-refractivity contribution in [2.24, 2.45) is 0 Å². The van der Waals surface area contributed by atoms with Crippen LogP contribution in [0.5, 0.6) is 0 Å². The van der Waals surface area contributed by atoms with E-state index in [1.807, 2.05) is 49.6 Å². The van der Waals surface area contributed by atoms with Crippen molar-refractivity contribution in [2.45, 2.75) is 39.3 Å². The van der Waals surface area contributed by atoms with Gasteiger partial charge in [-0.25, -0.2) is 4.98 Å². The zero-order valence-corrected chi connectivity index (χ0v) is 20.5. The highest BCUT2D eigenvalue weighted by molar-refractivity contribution is 7.09. The van der Waals surface area contributed by atoms with Crippen LogP contribution >= 0.6 is 11.3 Å². The number of benzene rings is 1. The minimum Gasteiger partial charge on any atom is -0.343 e. The Kier molecular flexibility index (Phi) is 7.33. The van der Waals surface area contributed by atoms with Crippen LogP contribution in [0.2, 0.25) is 0 Å². The van der Waals surface area contributed by atoms with Gasteiger partial charge in [-0.2, -0.15) is 0 Å². The fourth-order valence-electron chi connectivity index (χ4n) is 4.08. The van der Waals surface area contributed by atoms with E-state index in [2.05, 4.69) is 26.7 Å². The first-order valence-electron chi connectivity index (χ1n) is 11.3. The molecular weight excluding hydrogens is 444 g/mol. The molecule has 34 heavy (non-hydrogen) atoms. The summed E-state index contributed by atoms with van der Waals surface area (Å²) in [6.45, 7) is 4.42.